The molecule has 2 nitrogen and oxygen atoms in total. The summed E-state index contributed by atoms with van der Waals surface area (Å²) in [5, 5.41) is 0. The van der Waals surface area contributed by atoms with Crippen LogP contribution in [0.5, 0.6) is 0 Å². The lowest BCUT2D eigenvalue weighted by Crippen LogP contribution is -3.00. The quantitative estimate of drug-likeness (QED) is 0.319. The van der Waals surface area contributed by atoms with Gasteiger partial charge in [0.2, 0.25) is 0 Å². The van der Waals surface area contributed by atoms with Crippen molar-refractivity contribution in [2.24, 2.45) is 0 Å². The molecule has 0 amide bonds. The van der Waals surface area contributed by atoms with Crippen LogP contribution in [0.15, 0.2) is 0 Å². The molecule has 2 unspecified atom stereocenters. The summed E-state index contributed by atoms with van der Waals surface area (Å²) >= 11 is 0. The van der Waals surface area contributed by atoms with Crippen LogP contribution in [0.4, 0.5) is 0 Å². The highest BCUT2D eigenvalue weighted by Crippen LogP contribution is 2.13. The Kier molecular flexibility index (Phi) is 17.7. The second-order valence-corrected chi connectivity index (χ2v) is 5.36. The number of rotatable bonds is 11. The van der Waals surface area contributed by atoms with Crippen LogP contribution in [0.25, 0.3) is 0 Å². The van der Waals surface area contributed by atoms with Crippen molar-refractivity contribution in [2.75, 3.05) is 6.16 Å². The molecule has 2 atom stereocenters. The van der Waals surface area contributed by atoms with E-state index in [1.54, 1.807) is 0 Å². The van der Waals surface area contributed by atoms with Crippen molar-refractivity contribution in [3.63, 3.8) is 0 Å². The largest absolute Gasteiger partial charge is 1.00 e. The first-order valence-electron chi connectivity index (χ1n) is 7.17. The normalized spacial score (nSPS) is 11.9. The van der Waals surface area contributed by atoms with E-state index >= 15 is 0 Å². The molecule has 0 aromatic rings. The lowest BCUT2D eigenvalue weighted by Gasteiger charge is -2.12. The van der Waals surface area contributed by atoms with E-state index in [4.69, 9.17) is 4.74 Å². The molecule has 0 aliphatic heterocycles. The van der Waals surface area contributed by atoms with Gasteiger partial charge in [-0.15, -0.1) is 0 Å². The maximum absolute atomic E-state index is 10.8. The smallest absolute Gasteiger partial charge is 0.303 e. The number of carbonyl (C=O) groups is 1. The monoisotopic (exact) mass is 340 g/mol. The highest BCUT2D eigenvalue weighted by atomic mass is 79.9. The summed E-state index contributed by atoms with van der Waals surface area (Å²) < 4.78 is 5.23. The molecule has 0 radical (unpaired) electrons. The van der Waals surface area contributed by atoms with E-state index in [0.29, 0.717) is 0 Å². The summed E-state index contributed by atoms with van der Waals surface area (Å²) in [6.07, 6.45) is 12.8. The van der Waals surface area contributed by atoms with Crippen LogP contribution < -0.4 is 17.0 Å². The van der Waals surface area contributed by atoms with Crippen molar-refractivity contribution >= 4 is 15.2 Å². The molecule has 0 heterocycles. The van der Waals surface area contributed by atoms with Gasteiger partial charge in [0, 0.05) is 6.92 Å². The van der Waals surface area contributed by atoms with E-state index < -0.39 is 0 Å². The van der Waals surface area contributed by atoms with Crippen LogP contribution >= 0.6 is 9.24 Å². The van der Waals surface area contributed by atoms with E-state index in [-0.39, 0.29) is 29.1 Å². The third-order valence-electron chi connectivity index (χ3n) is 3.03. The number of carbonyl (C=O) groups excluding carboxylic acids is 1. The van der Waals surface area contributed by atoms with Crippen LogP contribution in [0, 0.1) is 0 Å². The van der Waals surface area contributed by atoms with Crippen molar-refractivity contribution in [1.82, 2.24) is 0 Å². The molecule has 0 rings (SSSR count). The van der Waals surface area contributed by atoms with Gasteiger partial charge in [-0.3, -0.25) is 4.79 Å². The molecule has 0 aliphatic carbocycles. The number of unbranched alkanes of at least 4 members (excludes halogenated alkanes) is 7. The average Bonchev–Trinajstić information content (AvgIpc) is 2.30. The Morgan fingerprint density at radius 1 is 1.06 bits per heavy atom. The molecule has 18 heavy (non-hydrogen) atoms. The van der Waals surface area contributed by atoms with Gasteiger partial charge in [-0.25, -0.2) is 0 Å². The van der Waals surface area contributed by atoms with E-state index in [0.717, 1.165) is 12.6 Å². The van der Waals surface area contributed by atoms with Gasteiger partial charge in [-0.1, -0.05) is 51.9 Å². The van der Waals surface area contributed by atoms with E-state index in [9.17, 15) is 4.79 Å². The predicted octanol–water partition coefficient (Wildman–Crippen LogP) is 1.06. The highest BCUT2D eigenvalue weighted by molar-refractivity contribution is 7.16. The van der Waals surface area contributed by atoms with Crippen molar-refractivity contribution in [3.05, 3.63) is 0 Å². The second kappa shape index (κ2) is 15.4. The number of ether oxygens (including phenoxy) is 1. The Morgan fingerprint density at radius 2 is 1.56 bits per heavy atom. The maximum atomic E-state index is 10.8. The zero-order chi connectivity index (χ0) is 12.9. The molecule has 0 bridgehead atoms. The second-order valence-electron chi connectivity index (χ2n) is 4.78. The third-order valence-corrected chi connectivity index (χ3v) is 3.68. The Hall–Kier alpha value is 0.380. The van der Waals surface area contributed by atoms with Gasteiger partial charge in [0.1, 0.15) is 6.10 Å². The standard InChI is InChI=1S/C14H29O2P.BrH/c1-3-4-5-6-7-8-9-10-11-14(12-17)16-13(2)15;/h14H,3-12,17H2,1-2H3;1H. The van der Waals surface area contributed by atoms with Crippen molar-refractivity contribution in [3.8, 4) is 0 Å². The van der Waals surface area contributed by atoms with Gasteiger partial charge >= 0.3 is 5.97 Å². The topological polar surface area (TPSA) is 26.3 Å². The SMILES string of the molecule is CCCCCCCCCCC(C[PH3+])OC(C)=O.[Br-]. The van der Waals surface area contributed by atoms with Crippen molar-refractivity contribution in [1.29, 1.82) is 0 Å². The van der Waals surface area contributed by atoms with Crippen LogP contribution in [0.2, 0.25) is 0 Å². The predicted molar refractivity (Wildman–Crippen MR) is 78.8 cm³/mol. The molecule has 0 aromatic heterocycles. The molecule has 110 valence electrons. The van der Waals surface area contributed by atoms with Crippen molar-refractivity contribution in [2.45, 2.75) is 77.7 Å². The van der Waals surface area contributed by atoms with Gasteiger partial charge in [0.05, 0.1) is 6.16 Å². The zero-order valence-electron chi connectivity index (χ0n) is 12.0. The number of hydrogen-bond acceptors (Lipinski definition) is 2. The van der Waals surface area contributed by atoms with Gasteiger partial charge in [0.15, 0.2) is 0 Å². The Balaban J connectivity index is 0. The molecular weight excluding hydrogens is 311 g/mol. The van der Waals surface area contributed by atoms with Gasteiger partial charge in [-0.05, 0) is 22.1 Å². The number of esters is 1. The summed E-state index contributed by atoms with van der Waals surface area (Å²) in [7, 11) is 1.89. The van der Waals surface area contributed by atoms with Crippen LogP contribution in [0.1, 0.15) is 71.6 Å². The first kappa shape index (κ1) is 20.7. The molecule has 0 saturated heterocycles. The molecular formula is C14H30BrO2P. The average molecular weight is 341 g/mol. The maximum Gasteiger partial charge on any atom is 0.303 e. The number of hydrogen-bond donors (Lipinski definition) is 0. The lowest BCUT2D eigenvalue weighted by molar-refractivity contribution is -0.145. The Bertz CT molecular complexity index is 189. The minimum absolute atomic E-state index is 0. The summed E-state index contributed by atoms with van der Waals surface area (Å²) in [5.74, 6) is -0.138. The molecule has 0 aliphatic rings. The van der Waals surface area contributed by atoms with Gasteiger partial charge in [-0.2, -0.15) is 0 Å². The van der Waals surface area contributed by atoms with Gasteiger partial charge in [0.25, 0.3) is 0 Å². The zero-order valence-corrected chi connectivity index (χ0v) is 15.1. The van der Waals surface area contributed by atoms with Crippen molar-refractivity contribution < 1.29 is 26.5 Å². The summed E-state index contributed by atoms with van der Waals surface area (Å²) in [6, 6.07) is 0. The summed E-state index contributed by atoms with van der Waals surface area (Å²) in [4.78, 5) is 10.8. The fraction of sp³-hybridized carbons (Fsp3) is 0.929. The fourth-order valence-corrected chi connectivity index (χ4v) is 2.41. The lowest BCUT2D eigenvalue weighted by atomic mass is 10.1. The highest BCUT2D eigenvalue weighted by Gasteiger charge is 2.10. The van der Waals surface area contributed by atoms with Gasteiger partial charge < -0.3 is 21.7 Å². The van der Waals surface area contributed by atoms with E-state index in [2.05, 4.69) is 6.92 Å². The number of halogens is 1. The minimum atomic E-state index is -0.138. The fourth-order valence-electron chi connectivity index (χ4n) is 2.00. The molecule has 0 aromatic carbocycles. The van der Waals surface area contributed by atoms with Crippen LogP contribution in [0.3, 0.4) is 0 Å². The molecule has 0 N–H and O–H groups in total. The first-order valence-corrected chi connectivity index (χ1v) is 8.17. The Morgan fingerprint density at radius 3 is 2.00 bits per heavy atom. The van der Waals surface area contributed by atoms with E-state index in [1.165, 1.54) is 58.3 Å². The van der Waals surface area contributed by atoms with Crippen LogP contribution in [-0.4, -0.2) is 18.2 Å². The summed E-state index contributed by atoms with van der Waals surface area (Å²) in [5.41, 5.74) is 0. The molecule has 0 fully saturated rings. The van der Waals surface area contributed by atoms with E-state index in [1.807, 2.05) is 9.24 Å². The van der Waals surface area contributed by atoms with Crippen LogP contribution in [-0.2, 0) is 9.53 Å². The Labute approximate surface area is 126 Å². The summed E-state index contributed by atoms with van der Waals surface area (Å²) in [6.45, 7) is 3.75. The first-order chi connectivity index (χ1) is 8.20. The molecule has 4 heteroatoms. The minimum Gasteiger partial charge on any atom is -1.00 e. The third kappa shape index (κ3) is 14.4. The molecule has 0 spiro atoms. The molecule has 0 saturated carbocycles.